The second-order valence-electron chi connectivity index (χ2n) is 5.14. The zero-order valence-corrected chi connectivity index (χ0v) is 13.3. The van der Waals surface area contributed by atoms with Crippen LogP contribution in [0.3, 0.4) is 0 Å². The molecule has 20 heavy (non-hydrogen) atoms. The first-order valence-electron chi connectivity index (χ1n) is 7.33. The summed E-state index contributed by atoms with van der Waals surface area (Å²) in [6, 6.07) is 5.94. The molecule has 0 heterocycles. The van der Waals surface area contributed by atoms with Crippen molar-refractivity contribution < 1.29 is 4.79 Å². The van der Waals surface area contributed by atoms with E-state index >= 15 is 0 Å². The lowest BCUT2D eigenvalue weighted by Gasteiger charge is -2.23. The van der Waals surface area contributed by atoms with E-state index in [0.29, 0.717) is 0 Å². The van der Waals surface area contributed by atoms with E-state index in [1.54, 1.807) is 0 Å². The summed E-state index contributed by atoms with van der Waals surface area (Å²) in [7, 11) is 1.88. The van der Waals surface area contributed by atoms with Crippen LogP contribution in [0.4, 0.5) is 5.69 Å². The molecule has 0 aliphatic carbocycles. The van der Waals surface area contributed by atoms with Crippen molar-refractivity contribution in [3.63, 3.8) is 0 Å². The van der Waals surface area contributed by atoms with Crippen molar-refractivity contribution >= 4 is 11.6 Å². The van der Waals surface area contributed by atoms with Gasteiger partial charge in [-0.25, -0.2) is 0 Å². The quantitative estimate of drug-likeness (QED) is 0.805. The Morgan fingerprint density at radius 3 is 2.45 bits per heavy atom. The largest absolute Gasteiger partial charge is 0.388 e. The Kier molecular flexibility index (Phi) is 6.52. The highest BCUT2D eigenvalue weighted by molar-refractivity contribution is 5.96. The van der Waals surface area contributed by atoms with E-state index in [4.69, 9.17) is 0 Å². The number of carbonyl (C=O) groups is 1. The summed E-state index contributed by atoms with van der Waals surface area (Å²) < 4.78 is 0. The molecule has 1 amide bonds. The normalized spacial score (nSPS) is 12.3. The van der Waals surface area contributed by atoms with Crippen molar-refractivity contribution in [2.75, 3.05) is 32.0 Å². The molecule has 0 fully saturated rings. The summed E-state index contributed by atoms with van der Waals surface area (Å²) in [6.07, 6.45) is 0. The summed E-state index contributed by atoms with van der Waals surface area (Å²) in [5.74, 6) is 0.00445. The van der Waals surface area contributed by atoms with Gasteiger partial charge in [0.15, 0.2) is 0 Å². The Hall–Kier alpha value is -1.55. The average molecular weight is 277 g/mol. The monoisotopic (exact) mass is 277 g/mol. The number of aryl methyl sites for hydroxylation is 1. The van der Waals surface area contributed by atoms with E-state index in [2.05, 4.69) is 29.4 Å². The van der Waals surface area contributed by atoms with Crippen LogP contribution >= 0.6 is 0 Å². The molecule has 0 bridgehead atoms. The van der Waals surface area contributed by atoms with Gasteiger partial charge in [0.2, 0.25) is 0 Å². The molecule has 1 aromatic carbocycles. The molecule has 0 aliphatic rings. The molecule has 1 unspecified atom stereocenters. The maximum Gasteiger partial charge on any atom is 0.251 e. The fourth-order valence-corrected chi connectivity index (χ4v) is 2.29. The van der Waals surface area contributed by atoms with Crippen LogP contribution in [0.5, 0.6) is 0 Å². The van der Waals surface area contributed by atoms with E-state index in [9.17, 15) is 4.79 Å². The summed E-state index contributed by atoms with van der Waals surface area (Å²) in [5, 5.41) is 6.15. The summed E-state index contributed by atoms with van der Waals surface area (Å²) in [5.41, 5.74) is 2.76. The lowest BCUT2D eigenvalue weighted by atomic mass is 10.1. The fourth-order valence-electron chi connectivity index (χ4n) is 2.29. The minimum atomic E-state index is 0.00445. The Labute approximate surface area is 122 Å². The van der Waals surface area contributed by atoms with Gasteiger partial charge in [0.05, 0.1) is 0 Å². The number of likely N-dealkylation sites (N-methyl/N-ethyl adjacent to an activating group) is 1. The molecule has 0 saturated carbocycles. The molecule has 4 heteroatoms. The number of nitrogens with one attached hydrogen (secondary N) is 2. The van der Waals surface area contributed by atoms with Crippen molar-refractivity contribution in [2.45, 2.75) is 33.7 Å². The molecule has 4 nitrogen and oxygen atoms in total. The maximum absolute atomic E-state index is 12.3. The van der Waals surface area contributed by atoms with Crippen LogP contribution in [0.15, 0.2) is 18.2 Å². The topological polar surface area (TPSA) is 44.4 Å². The Morgan fingerprint density at radius 2 is 1.95 bits per heavy atom. The highest BCUT2D eigenvalue weighted by Crippen LogP contribution is 2.14. The van der Waals surface area contributed by atoms with Gasteiger partial charge >= 0.3 is 0 Å². The number of hydrogen-bond acceptors (Lipinski definition) is 3. The van der Waals surface area contributed by atoms with Gasteiger partial charge in [0.25, 0.3) is 5.91 Å². The molecule has 0 aromatic heterocycles. The molecule has 112 valence electrons. The Balaban J connectivity index is 2.66. The van der Waals surface area contributed by atoms with Crippen LogP contribution in [0.25, 0.3) is 0 Å². The molecular formula is C16H27N3O. The van der Waals surface area contributed by atoms with Crippen molar-refractivity contribution in [3.05, 3.63) is 29.3 Å². The van der Waals surface area contributed by atoms with Crippen LogP contribution in [0.1, 0.15) is 36.7 Å². The SMILES string of the molecule is CCN(CC)CC(C)NC(=O)c1ccc(NC)cc1C. The second-order valence-corrected chi connectivity index (χ2v) is 5.14. The van der Waals surface area contributed by atoms with Crippen molar-refractivity contribution in [1.82, 2.24) is 10.2 Å². The third-order valence-electron chi connectivity index (χ3n) is 3.56. The number of benzene rings is 1. The van der Waals surface area contributed by atoms with Gasteiger partial charge < -0.3 is 15.5 Å². The van der Waals surface area contributed by atoms with E-state index in [0.717, 1.165) is 36.4 Å². The molecule has 1 atom stereocenters. The predicted octanol–water partition coefficient (Wildman–Crippen LogP) is 2.50. The molecule has 0 saturated heterocycles. The number of anilines is 1. The minimum absolute atomic E-state index is 0.00445. The maximum atomic E-state index is 12.3. The van der Waals surface area contributed by atoms with Gasteiger partial charge in [0.1, 0.15) is 0 Å². The predicted molar refractivity (Wildman–Crippen MR) is 85.4 cm³/mol. The number of carbonyl (C=O) groups excluding carboxylic acids is 1. The first-order valence-corrected chi connectivity index (χ1v) is 7.33. The fraction of sp³-hybridized carbons (Fsp3) is 0.562. The Morgan fingerprint density at radius 1 is 1.30 bits per heavy atom. The van der Waals surface area contributed by atoms with Gasteiger partial charge in [-0.1, -0.05) is 13.8 Å². The minimum Gasteiger partial charge on any atom is -0.388 e. The lowest BCUT2D eigenvalue weighted by Crippen LogP contribution is -2.42. The summed E-state index contributed by atoms with van der Waals surface area (Å²) >= 11 is 0. The number of nitrogens with zero attached hydrogens (tertiary/aromatic N) is 1. The van der Waals surface area contributed by atoms with Gasteiger partial charge in [-0.3, -0.25) is 4.79 Å². The first-order chi connectivity index (χ1) is 9.51. The van der Waals surface area contributed by atoms with Crippen molar-refractivity contribution in [3.8, 4) is 0 Å². The highest BCUT2D eigenvalue weighted by atomic mass is 16.1. The van der Waals surface area contributed by atoms with Crippen molar-refractivity contribution in [1.29, 1.82) is 0 Å². The Bertz CT molecular complexity index is 441. The molecule has 0 spiro atoms. The van der Waals surface area contributed by atoms with Gasteiger partial charge in [0, 0.05) is 30.9 Å². The standard InChI is InChI=1S/C16H27N3O/c1-6-19(7-2)11-13(4)18-16(20)15-9-8-14(17-5)10-12(15)3/h8-10,13,17H,6-7,11H2,1-5H3,(H,18,20). The molecule has 0 radical (unpaired) electrons. The first kappa shape index (κ1) is 16.5. The molecule has 2 N–H and O–H groups in total. The van der Waals surface area contributed by atoms with E-state index in [-0.39, 0.29) is 11.9 Å². The number of amides is 1. The third kappa shape index (κ3) is 4.53. The van der Waals surface area contributed by atoms with Crippen LogP contribution < -0.4 is 10.6 Å². The van der Waals surface area contributed by atoms with Crippen LogP contribution in [0, 0.1) is 6.92 Å². The van der Waals surface area contributed by atoms with Gasteiger partial charge in [-0.05, 0) is 50.7 Å². The van der Waals surface area contributed by atoms with E-state index in [1.165, 1.54) is 0 Å². The smallest absolute Gasteiger partial charge is 0.251 e. The summed E-state index contributed by atoms with van der Waals surface area (Å²) in [4.78, 5) is 14.6. The van der Waals surface area contributed by atoms with E-state index in [1.807, 2.05) is 39.1 Å². The third-order valence-corrected chi connectivity index (χ3v) is 3.56. The molecule has 1 aromatic rings. The second kappa shape index (κ2) is 7.90. The van der Waals surface area contributed by atoms with Crippen LogP contribution in [0.2, 0.25) is 0 Å². The van der Waals surface area contributed by atoms with Gasteiger partial charge in [-0.2, -0.15) is 0 Å². The van der Waals surface area contributed by atoms with Crippen molar-refractivity contribution in [2.24, 2.45) is 0 Å². The van der Waals surface area contributed by atoms with Crippen LogP contribution in [-0.4, -0.2) is 43.5 Å². The molecule has 0 aliphatic heterocycles. The van der Waals surface area contributed by atoms with Crippen LogP contribution in [-0.2, 0) is 0 Å². The van der Waals surface area contributed by atoms with E-state index < -0.39 is 0 Å². The molecular weight excluding hydrogens is 250 g/mol. The number of hydrogen-bond donors (Lipinski definition) is 2. The average Bonchev–Trinajstić information content (AvgIpc) is 2.44. The van der Waals surface area contributed by atoms with Gasteiger partial charge in [-0.15, -0.1) is 0 Å². The lowest BCUT2D eigenvalue weighted by molar-refractivity contribution is 0.0929. The highest BCUT2D eigenvalue weighted by Gasteiger charge is 2.13. The zero-order valence-electron chi connectivity index (χ0n) is 13.3. The summed E-state index contributed by atoms with van der Waals surface area (Å²) in [6.45, 7) is 11.2. The zero-order chi connectivity index (χ0) is 15.1. The number of rotatable bonds is 7. The molecule has 1 rings (SSSR count).